The molecule has 27 heavy (non-hydrogen) atoms. The predicted octanol–water partition coefficient (Wildman–Crippen LogP) is 6.14. The van der Waals surface area contributed by atoms with Crippen molar-refractivity contribution >= 4 is 17.2 Å². The smallest absolute Gasteiger partial charge is 0.127 e. The summed E-state index contributed by atoms with van der Waals surface area (Å²) in [5.74, 6) is 1.13. The lowest BCUT2D eigenvalue weighted by Crippen LogP contribution is -2.52. The number of amidine groups is 1. The Hall–Kier alpha value is -2.29. The van der Waals surface area contributed by atoms with Crippen LogP contribution in [0.5, 0.6) is 0 Å². The molecule has 1 heterocycles. The van der Waals surface area contributed by atoms with Crippen LogP contribution in [0.4, 0.5) is 11.4 Å². The lowest BCUT2D eigenvalue weighted by atomic mass is 9.85. The molecule has 0 radical (unpaired) electrons. The molecule has 0 bridgehead atoms. The fourth-order valence-corrected chi connectivity index (χ4v) is 4.42. The van der Waals surface area contributed by atoms with Gasteiger partial charge in [-0.25, -0.2) is 0 Å². The van der Waals surface area contributed by atoms with Gasteiger partial charge in [-0.15, -0.1) is 0 Å². The Morgan fingerprint density at radius 3 is 2.22 bits per heavy atom. The molecule has 3 nitrogen and oxygen atoms in total. The maximum atomic E-state index is 5.13. The first kappa shape index (κ1) is 18.1. The van der Waals surface area contributed by atoms with E-state index < -0.39 is 0 Å². The van der Waals surface area contributed by atoms with Gasteiger partial charge in [0.15, 0.2) is 0 Å². The monoisotopic (exact) mass is 361 g/mol. The number of anilines is 2. The van der Waals surface area contributed by atoms with Crippen molar-refractivity contribution in [3.05, 3.63) is 58.7 Å². The van der Waals surface area contributed by atoms with E-state index in [0.717, 1.165) is 30.9 Å². The average molecular weight is 362 g/mol. The Bertz CT molecular complexity index is 858. The Labute approximate surface area is 163 Å². The van der Waals surface area contributed by atoms with E-state index in [1.807, 2.05) is 0 Å². The molecule has 4 rings (SSSR count). The van der Waals surface area contributed by atoms with Crippen LogP contribution in [0.3, 0.4) is 0 Å². The second-order valence-electron chi connectivity index (χ2n) is 8.32. The SMILES string of the molecule is Cc1cc2c(cc1C)NC1(CCCCCC1)C(=NCc1ccccc1C)N2. The van der Waals surface area contributed by atoms with Crippen molar-refractivity contribution in [1.82, 2.24) is 0 Å². The number of hydrogen-bond donors (Lipinski definition) is 2. The second kappa shape index (κ2) is 7.38. The number of aliphatic imine (C=N–C) groups is 1. The van der Waals surface area contributed by atoms with Gasteiger partial charge >= 0.3 is 0 Å². The van der Waals surface area contributed by atoms with Crippen LogP contribution >= 0.6 is 0 Å². The molecule has 2 aliphatic rings. The molecule has 0 unspecified atom stereocenters. The summed E-state index contributed by atoms with van der Waals surface area (Å²) < 4.78 is 0. The molecule has 1 saturated carbocycles. The minimum Gasteiger partial charge on any atom is -0.371 e. The molecule has 3 heteroatoms. The van der Waals surface area contributed by atoms with Crippen LogP contribution in [0, 0.1) is 20.8 Å². The zero-order chi connectivity index (χ0) is 18.9. The zero-order valence-electron chi connectivity index (χ0n) is 16.9. The summed E-state index contributed by atoms with van der Waals surface area (Å²) in [7, 11) is 0. The maximum absolute atomic E-state index is 5.13. The Balaban J connectivity index is 1.72. The molecule has 1 aliphatic carbocycles. The van der Waals surface area contributed by atoms with Gasteiger partial charge in [-0.1, -0.05) is 49.9 Å². The number of benzene rings is 2. The first-order valence-corrected chi connectivity index (χ1v) is 10.3. The van der Waals surface area contributed by atoms with Crippen LogP contribution in [0.25, 0.3) is 0 Å². The van der Waals surface area contributed by atoms with Crippen molar-refractivity contribution in [1.29, 1.82) is 0 Å². The number of rotatable bonds is 2. The van der Waals surface area contributed by atoms with Gasteiger partial charge in [0, 0.05) is 0 Å². The van der Waals surface area contributed by atoms with Crippen LogP contribution < -0.4 is 10.6 Å². The lowest BCUT2D eigenvalue weighted by molar-refractivity contribution is 0.524. The van der Waals surface area contributed by atoms with Crippen molar-refractivity contribution < 1.29 is 0 Å². The summed E-state index contributed by atoms with van der Waals surface area (Å²) in [6, 6.07) is 13.1. The summed E-state index contributed by atoms with van der Waals surface area (Å²) in [6.07, 6.45) is 7.48. The van der Waals surface area contributed by atoms with E-state index in [1.54, 1.807) is 0 Å². The quantitative estimate of drug-likeness (QED) is 0.674. The number of fused-ring (bicyclic) bond motifs is 1. The molecular formula is C24H31N3. The predicted molar refractivity (Wildman–Crippen MR) is 116 cm³/mol. The summed E-state index contributed by atoms with van der Waals surface area (Å²) in [4.78, 5) is 5.13. The van der Waals surface area contributed by atoms with Gasteiger partial charge in [0.05, 0.1) is 23.5 Å². The Kier molecular flexibility index (Phi) is 4.94. The Morgan fingerprint density at radius 1 is 0.852 bits per heavy atom. The molecule has 1 aliphatic heterocycles. The van der Waals surface area contributed by atoms with Crippen LogP contribution in [-0.4, -0.2) is 11.4 Å². The first-order valence-electron chi connectivity index (χ1n) is 10.3. The van der Waals surface area contributed by atoms with E-state index in [2.05, 4.69) is 67.8 Å². The van der Waals surface area contributed by atoms with E-state index >= 15 is 0 Å². The molecule has 1 spiro atoms. The number of nitrogens with one attached hydrogen (secondary N) is 2. The van der Waals surface area contributed by atoms with Crippen molar-refractivity contribution in [2.45, 2.75) is 71.4 Å². The van der Waals surface area contributed by atoms with Crippen LogP contribution in [-0.2, 0) is 6.54 Å². The van der Waals surface area contributed by atoms with E-state index in [1.165, 1.54) is 53.6 Å². The minimum absolute atomic E-state index is 0.0477. The number of nitrogens with zero attached hydrogens (tertiary/aromatic N) is 1. The maximum Gasteiger partial charge on any atom is 0.127 e. The van der Waals surface area contributed by atoms with Crippen molar-refractivity contribution in [2.75, 3.05) is 10.6 Å². The van der Waals surface area contributed by atoms with Crippen molar-refractivity contribution in [3.8, 4) is 0 Å². The highest BCUT2D eigenvalue weighted by Crippen LogP contribution is 2.40. The summed E-state index contributed by atoms with van der Waals surface area (Å²) in [5, 5.41) is 7.66. The molecule has 2 N–H and O–H groups in total. The standard InChI is InChI=1S/C24H31N3/c1-17-10-6-7-11-20(17)16-25-23-24(12-8-4-5-9-13-24)27-22-15-19(3)18(2)14-21(22)26-23/h6-7,10-11,14-15,27H,4-5,8-9,12-13,16H2,1-3H3,(H,25,26). The number of aryl methyl sites for hydroxylation is 3. The van der Waals surface area contributed by atoms with Crippen LogP contribution in [0.2, 0.25) is 0 Å². The molecule has 2 aromatic rings. The third-order valence-electron chi connectivity index (χ3n) is 6.34. The minimum atomic E-state index is -0.0477. The van der Waals surface area contributed by atoms with Gasteiger partial charge in [-0.05, 0) is 68.0 Å². The van der Waals surface area contributed by atoms with Crippen LogP contribution in [0.1, 0.15) is 60.8 Å². The van der Waals surface area contributed by atoms with E-state index in [0.29, 0.717) is 0 Å². The third kappa shape index (κ3) is 3.60. The topological polar surface area (TPSA) is 36.4 Å². The van der Waals surface area contributed by atoms with Crippen molar-refractivity contribution in [2.24, 2.45) is 4.99 Å². The van der Waals surface area contributed by atoms with E-state index in [-0.39, 0.29) is 5.54 Å². The summed E-state index contributed by atoms with van der Waals surface area (Å²) in [6.45, 7) is 7.28. The highest BCUT2D eigenvalue weighted by molar-refractivity contribution is 6.09. The first-order chi connectivity index (χ1) is 13.1. The lowest BCUT2D eigenvalue weighted by Gasteiger charge is -2.41. The van der Waals surface area contributed by atoms with Gasteiger partial charge in [0.1, 0.15) is 5.84 Å². The fraction of sp³-hybridized carbons (Fsp3) is 0.458. The summed E-state index contributed by atoms with van der Waals surface area (Å²) >= 11 is 0. The second-order valence-corrected chi connectivity index (χ2v) is 8.32. The molecule has 2 aromatic carbocycles. The zero-order valence-corrected chi connectivity index (χ0v) is 16.9. The highest BCUT2D eigenvalue weighted by atomic mass is 15.2. The molecule has 0 atom stereocenters. The summed E-state index contributed by atoms with van der Waals surface area (Å²) in [5.41, 5.74) is 7.62. The fourth-order valence-electron chi connectivity index (χ4n) is 4.42. The third-order valence-corrected chi connectivity index (χ3v) is 6.34. The van der Waals surface area contributed by atoms with Gasteiger partial charge in [-0.2, -0.15) is 0 Å². The molecule has 0 saturated heterocycles. The molecule has 142 valence electrons. The van der Waals surface area contributed by atoms with E-state index in [9.17, 15) is 0 Å². The van der Waals surface area contributed by atoms with Crippen LogP contribution in [0.15, 0.2) is 41.4 Å². The highest BCUT2D eigenvalue weighted by Gasteiger charge is 2.40. The average Bonchev–Trinajstić information content (AvgIpc) is 2.89. The molecular weight excluding hydrogens is 330 g/mol. The molecule has 1 fully saturated rings. The largest absolute Gasteiger partial charge is 0.371 e. The van der Waals surface area contributed by atoms with Gasteiger partial charge in [0.25, 0.3) is 0 Å². The van der Waals surface area contributed by atoms with Crippen molar-refractivity contribution in [3.63, 3.8) is 0 Å². The number of hydrogen-bond acceptors (Lipinski definition) is 2. The van der Waals surface area contributed by atoms with E-state index in [4.69, 9.17) is 4.99 Å². The van der Waals surface area contributed by atoms with Gasteiger partial charge in [0.2, 0.25) is 0 Å². The molecule has 0 aromatic heterocycles. The normalized spacial score (nSPS) is 19.9. The van der Waals surface area contributed by atoms with Gasteiger partial charge < -0.3 is 10.6 Å². The Morgan fingerprint density at radius 2 is 1.52 bits per heavy atom. The molecule has 0 amide bonds. The van der Waals surface area contributed by atoms with Gasteiger partial charge in [-0.3, -0.25) is 4.99 Å².